The van der Waals surface area contributed by atoms with Crippen molar-refractivity contribution >= 4 is 35.0 Å². The molecule has 8 heteroatoms. The molecule has 1 heterocycles. The highest BCUT2D eigenvalue weighted by molar-refractivity contribution is 7.99. The third-order valence-electron chi connectivity index (χ3n) is 4.17. The Labute approximate surface area is 173 Å². The van der Waals surface area contributed by atoms with E-state index >= 15 is 0 Å². The van der Waals surface area contributed by atoms with Crippen molar-refractivity contribution in [2.24, 2.45) is 7.05 Å². The zero-order valence-electron chi connectivity index (χ0n) is 15.9. The number of rotatable bonds is 7. The van der Waals surface area contributed by atoms with Crippen LogP contribution in [0.5, 0.6) is 5.75 Å². The standard InChI is InChI=1S/C20H21ClN4O2S/c1-13-6-4-5-7-17(13)27-11-18-23-24-20(25(18)3)28-12-19(26)22-16-9-8-15(21)10-14(16)2/h4-10H,11-12H2,1-3H3,(H,22,26). The van der Waals surface area contributed by atoms with Gasteiger partial charge in [0.05, 0.1) is 5.75 Å². The Morgan fingerprint density at radius 2 is 1.96 bits per heavy atom. The highest BCUT2D eigenvalue weighted by atomic mass is 35.5. The minimum Gasteiger partial charge on any atom is -0.485 e. The quantitative estimate of drug-likeness (QED) is 0.578. The van der Waals surface area contributed by atoms with Gasteiger partial charge in [-0.15, -0.1) is 10.2 Å². The number of ether oxygens (including phenoxy) is 1. The zero-order chi connectivity index (χ0) is 20.1. The molecule has 1 N–H and O–H groups in total. The number of nitrogens with zero attached hydrogens (tertiary/aromatic N) is 3. The van der Waals surface area contributed by atoms with Crippen molar-refractivity contribution in [1.29, 1.82) is 0 Å². The van der Waals surface area contributed by atoms with E-state index in [2.05, 4.69) is 15.5 Å². The van der Waals surface area contributed by atoms with Crippen LogP contribution < -0.4 is 10.1 Å². The van der Waals surface area contributed by atoms with Gasteiger partial charge < -0.3 is 14.6 Å². The second-order valence-corrected chi connectivity index (χ2v) is 7.69. The summed E-state index contributed by atoms with van der Waals surface area (Å²) in [5.74, 6) is 1.63. The van der Waals surface area contributed by atoms with Gasteiger partial charge in [-0.25, -0.2) is 0 Å². The van der Waals surface area contributed by atoms with Crippen LogP contribution >= 0.6 is 23.4 Å². The van der Waals surface area contributed by atoms with E-state index in [4.69, 9.17) is 16.3 Å². The number of benzene rings is 2. The summed E-state index contributed by atoms with van der Waals surface area (Å²) in [5, 5.41) is 12.5. The number of nitrogens with one attached hydrogen (secondary N) is 1. The Balaban J connectivity index is 1.55. The van der Waals surface area contributed by atoms with Gasteiger partial charge in [-0.3, -0.25) is 4.79 Å². The minimum atomic E-state index is -0.115. The van der Waals surface area contributed by atoms with E-state index in [0.29, 0.717) is 22.6 Å². The Hall–Kier alpha value is -2.51. The number of anilines is 1. The molecular formula is C20H21ClN4O2S. The van der Waals surface area contributed by atoms with Crippen LogP contribution in [0.2, 0.25) is 5.02 Å². The Morgan fingerprint density at radius 1 is 1.18 bits per heavy atom. The molecule has 6 nitrogen and oxygen atoms in total. The number of thioether (sulfide) groups is 1. The van der Waals surface area contributed by atoms with Crippen molar-refractivity contribution < 1.29 is 9.53 Å². The van der Waals surface area contributed by atoms with Crippen molar-refractivity contribution in [2.45, 2.75) is 25.6 Å². The second-order valence-electron chi connectivity index (χ2n) is 6.31. The third kappa shape index (κ3) is 5.05. The highest BCUT2D eigenvalue weighted by Gasteiger charge is 2.13. The van der Waals surface area contributed by atoms with Gasteiger partial charge in [-0.05, 0) is 49.2 Å². The highest BCUT2D eigenvalue weighted by Crippen LogP contribution is 2.22. The van der Waals surface area contributed by atoms with Crippen LogP contribution in [0.15, 0.2) is 47.6 Å². The topological polar surface area (TPSA) is 69.0 Å². The van der Waals surface area contributed by atoms with Crippen LogP contribution in [-0.2, 0) is 18.4 Å². The number of aryl methyl sites for hydroxylation is 2. The molecule has 0 aliphatic heterocycles. The number of amides is 1. The summed E-state index contributed by atoms with van der Waals surface area (Å²) in [5.41, 5.74) is 2.73. The van der Waals surface area contributed by atoms with Crippen LogP contribution in [0.25, 0.3) is 0 Å². The van der Waals surface area contributed by atoms with Gasteiger partial charge in [0.1, 0.15) is 12.4 Å². The summed E-state index contributed by atoms with van der Waals surface area (Å²) in [6, 6.07) is 13.2. The van der Waals surface area contributed by atoms with Crippen LogP contribution in [0.1, 0.15) is 17.0 Å². The van der Waals surface area contributed by atoms with E-state index in [1.165, 1.54) is 11.8 Å². The molecule has 0 spiro atoms. The van der Waals surface area contributed by atoms with Gasteiger partial charge in [-0.2, -0.15) is 0 Å². The molecule has 28 heavy (non-hydrogen) atoms. The first-order valence-electron chi connectivity index (χ1n) is 8.69. The van der Waals surface area contributed by atoms with Crippen molar-refractivity contribution in [1.82, 2.24) is 14.8 Å². The van der Waals surface area contributed by atoms with Crippen LogP contribution in [-0.4, -0.2) is 26.4 Å². The molecule has 0 aliphatic rings. The number of carbonyl (C=O) groups is 1. The first-order valence-corrected chi connectivity index (χ1v) is 10.1. The number of hydrogen-bond acceptors (Lipinski definition) is 5. The summed E-state index contributed by atoms with van der Waals surface area (Å²) in [4.78, 5) is 12.2. The summed E-state index contributed by atoms with van der Waals surface area (Å²) in [7, 11) is 1.86. The van der Waals surface area contributed by atoms with Crippen molar-refractivity contribution in [3.63, 3.8) is 0 Å². The fraction of sp³-hybridized carbons (Fsp3) is 0.250. The van der Waals surface area contributed by atoms with E-state index < -0.39 is 0 Å². The number of carbonyl (C=O) groups excluding carboxylic acids is 1. The van der Waals surface area contributed by atoms with Crippen LogP contribution in [0.4, 0.5) is 5.69 Å². The van der Waals surface area contributed by atoms with Gasteiger partial charge in [0.2, 0.25) is 5.91 Å². The third-order valence-corrected chi connectivity index (χ3v) is 5.43. The van der Waals surface area contributed by atoms with Gasteiger partial charge >= 0.3 is 0 Å². The lowest BCUT2D eigenvalue weighted by atomic mass is 10.2. The van der Waals surface area contributed by atoms with Gasteiger partial charge in [0, 0.05) is 17.8 Å². The number of halogens is 1. The molecule has 0 fully saturated rings. The van der Waals surface area contributed by atoms with E-state index in [1.54, 1.807) is 12.1 Å². The van der Waals surface area contributed by atoms with E-state index in [0.717, 1.165) is 22.6 Å². The summed E-state index contributed by atoms with van der Waals surface area (Å²) in [6.45, 7) is 4.21. The molecule has 0 saturated heterocycles. The van der Waals surface area contributed by atoms with Crippen molar-refractivity contribution in [2.75, 3.05) is 11.1 Å². The summed E-state index contributed by atoms with van der Waals surface area (Å²) in [6.07, 6.45) is 0. The normalized spacial score (nSPS) is 10.7. The Kier molecular flexibility index (Phi) is 6.59. The van der Waals surface area contributed by atoms with Crippen LogP contribution in [0.3, 0.4) is 0 Å². The van der Waals surface area contributed by atoms with E-state index in [9.17, 15) is 4.79 Å². The number of aromatic nitrogens is 3. The molecule has 1 aromatic heterocycles. The lowest BCUT2D eigenvalue weighted by Gasteiger charge is -2.09. The summed E-state index contributed by atoms with van der Waals surface area (Å²) < 4.78 is 7.66. The molecule has 0 aliphatic carbocycles. The lowest BCUT2D eigenvalue weighted by Crippen LogP contribution is -2.15. The predicted molar refractivity (Wildman–Crippen MR) is 112 cm³/mol. The van der Waals surface area contributed by atoms with E-state index in [1.807, 2.05) is 55.8 Å². The van der Waals surface area contributed by atoms with Gasteiger partial charge in [-0.1, -0.05) is 41.6 Å². The maximum absolute atomic E-state index is 12.2. The van der Waals surface area contributed by atoms with Crippen molar-refractivity contribution in [3.05, 3.63) is 64.4 Å². The Morgan fingerprint density at radius 3 is 2.71 bits per heavy atom. The molecule has 2 aromatic carbocycles. The monoisotopic (exact) mass is 416 g/mol. The molecule has 0 atom stereocenters. The van der Waals surface area contributed by atoms with Crippen molar-refractivity contribution in [3.8, 4) is 5.75 Å². The molecule has 3 aromatic rings. The maximum Gasteiger partial charge on any atom is 0.234 e. The average molecular weight is 417 g/mol. The maximum atomic E-state index is 12.2. The molecule has 1 amide bonds. The van der Waals surface area contributed by atoms with Gasteiger partial charge in [0.15, 0.2) is 11.0 Å². The fourth-order valence-corrected chi connectivity index (χ4v) is 3.50. The zero-order valence-corrected chi connectivity index (χ0v) is 17.5. The SMILES string of the molecule is Cc1cc(Cl)ccc1NC(=O)CSc1nnc(COc2ccccc2C)n1C. The molecule has 0 radical (unpaired) electrons. The number of hydrogen-bond donors (Lipinski definition) is 1. The lowest BCUT2D eigenvalue weighted by molar-refractivity contribution is -0.113. The second kappa shape index (κ2) is 9.12. The minimum absolute atomic E-state index is 0.115. The van der Waals surface area contributed by atoms with Crippen LogP contribution in [0, 0.1) is 13.8 Å². The molecular weight excluding hydrogens is 396 g/mol. The molecule has 0 saturated carbocycles. The first kappa shape index (κ1) is 20.2. The first-order chi connectivity index (χ1) is 13.4. The number of para-hydroxylation sites is 1. The molecule has 0 unspecified atom stereocenters. The molecule has 146 valence electrons. The average Bonchev–Trinajstić information content (AvgIpc) is 3.01. The van der Waals surface area contributed by atoms with Gasteiger partial charge in [0.25, 0.3) is 0 Å². The fourth-order valence-electron chi connectivity index (χ4n) is 2.54. The predicted octanol–water partition coefficient (Wildman–Crippen LogP) is 4.40. The largest absolute Gasteiger partial charge is 0.485 e. The Bertz CT molecular complexity index is 990. The van der Waals surface area contributed by atoms with E-state index in [-0.39, 0.29) is 11.7 Å². The molecule has 3 rings (SSSR count). The summed E-state index contributed by atoms with van der Waals surface area (Å²) >= 11 is 7.27. The molecule has 0 bridgehead atoms. The smallest absolute Gasteiger partial charge is 0.234 e.